The first kappa shape index (κ1) is 19.1. The van der Waals surface area contributed by atoms with E-state index in [4.69, 9.17) is 4.74 Å². The molecule has 2 aromatic heterocycles. The highest BCUT2D eigenvalue weighted by molar-refractivity contribution is 7.89. The van der Waals surface area contributed by atoms with E-state index in [1.165, 1.54) is 0 Å². The molecule has 0 saturated heterocycles. The minimum atomic E-state index is -3.77. The van der Waals surface area contributed by atoms with Gasteiger partial charge in [-0.2, -0.15) is 5.10 Å². The van der Waals surface area contributed by atoms with Crippen LogP contribution in [0.15, 0.2) is 78.1 Å². The van der Waals surface area contributed by atoms with E-state index in [9.17, 15) is 8.42 Å². The van der Waals surface area contributed by atoms with Crippen LogP contribution in [0.1, 0.15) is 12.5 Å². The average molecular weight is 408 g/mol. The third-order valence-electron chi connectivity index (χ3n) is 4.47. The Morgan fingerprint density at radius 1 is 1.00 bits per heavy atom. The Morgan fingerprint density at radius 2 is 1.83 bits per heavy atom. The molecule has 2 heterocycles. The number of pyridine rings is 1. The Kier molecular flexibility index (Phi) is 5.28. The van der Waals surface area contributed by atoms with Gasteiger partial charge >= 0.3 is 0 Å². The summed E-state index contributed by atoms with van der Waals surface area (Å²) in [7, 11) is -3.77. The Balaban J connectivity index is 1.67. The smallest absolute Gasteiger partial charge is 0.241 e. The topological polar surface area (TPSA) is 86.1 Å². The first-order valence-electron chi connectivity index (χ1n) is 9.18. The maximum absolute atomic E-state index is 13.1. The average Bonchev–Trinajstić information content (AvgIpc) is 3.27. The Labute approximate surface area is 169 Å². The lowest BCUT2D eigenvalue weighted by atomic mass is 10.1. The van der Waals surface area contributed by atoms with Crippen LogP contribution in [0, 0.1) is 0 Å². The summed E-state index contributed by atoms with van der Waals surface area (Å²) in [5.41, 5.74) is 0.718. The lowest BCUT2D eigenvalue weighted by Crippen LogP contribution is -2.24. The van der Waals surface area contributed by atoms with Gasteiger partial charge in [0.25, 0.3) is 0 Å². The highest BCUT2D eigenvalue weighted by Crippen LogP contribution is 2.31. The van der Waals surface area contributed by atoms with E-state index in [0.29, 0.717) is 23.6 Å². The van der Waals surface area contributed by atoms with Crippen LogP contribution in [0.3, 0.4) is 0 Å². The van der Waals surface area contributed by atoms with Crippen molar-refractivity contribution in [3.63, 3.8) is 0 Å². The number of sulfonamides is 1. The van der Waals surface area contributed by atoms with E-state index in [-0.39, 0.29) is 11.4 Å². The standard InChI is InChI=1S/C21H20N4O3S/c1-2-28-19-10-11-20(18-9-4-3-8-17(18)19)29(26,27)24-15-16-7-5-12-22-21(16)25-14-6-13-23-25/h3-14,24H,2,15H2,1H3. The number of nitrogens with zero attached hydrogens (tertiary/aromatic N) is 3. The van der Waals surface area contributed by atoms with Gasteiger partial charge in [0.1, 0.15) is 5.75 Å². The monoisotopic (exact) mass is 408 g/mol. The predicted octanol–water partition coefficient (Wildman–Crippen LogP) is 3.30. The fourth-order valence-corrected chi connectivity index (χ4v) is 4.39. The highest BCUT2D eigenvalue weighted by Gasteiger charge is 2.20. The zero-order valence-corrected chi connectivity index (χ0v) is 16.6. The number of hydrogen-bond acceptors (Lipinski definition) is 5. The maximum Gasteiger partial charge on any atom is 0.241 e. The zero-order valence-electron chi connectivity index (χ0n) is 15.8. The number of nitrogens with one attached hydrogen (secondary N) is 1. The van der Waals surface area contributed by atoms with Crippen molar-refractivity contribution in [2.75, 3.05) is 6.61 Å². The zero-order chi connectivity index (χ0) is 20.3. The van der Waals surface area contributed by atoms with Crippen LogP contribution < -0.4 is 9.46 Å². The van der Waals surface area contributed by atoms with Crippen molar-refractivity contribution in [1.29, 1.82) is 0 Å². The molecule has 0 spiro atoms. The normalized spacial score (nSPS) is 11.6. The molecule has 0 saturated carbocycles. The Hall–Kier alpha value is -3.23. The van der Waals surface area contributed by atoms with Crippen LogP contribution in [0.25, 0.3) is 16.6 Å². The fraction of sp³-hybridized carbons (Fsp3) is 0.143. The molecule has 8 heteroatoms. The minimum Gasteiger partial charge on any atom is -0.493 e. The van der Waals surface area contributed by atoms with Gasteiger partial charge in [-0.15, -0.1) is 0 Å². The molecule has 1 N–H and O–H groups in total. The minimum absolute atomic E-state index is 0.0902. The highest BCUT2D eigenvalue weighted by atomic mass is 32.2. The van der Waals surface area contributed by atoms with Gasteiger partial charge in [0, 0.05) is 41.5 Å². The van der Waals surface area contributed by atoms with Crippen LogP contribution in [-0.2, 0) is 16.6 Å². The molecule has 0 aliphatic rings. The van der Waals surface area contributed by atoms with Gasteiger partial charge in [-0.25, -0.2) is 22.8 Å². The Morgan fingerprint density at radius 3 is 2.59 bits per heavy atom. The molecule has 148 valence electrons. The van der Waals surface area contributed by atoms with Gasteiger partial charge in [0.05, 0.1) is 11.5 Å². The lowest BCUT2D eigenvalue weighted by molar-refractivity contribution is 0.344. The number of benzene rings is 2. The molecule has 0 aliphatic heterocycles. The van der Waals surface area contributed by atoms with Crippen molar-refractivity contribution in [3.05, 3.63) is 78.8 Å². The lowest BCUT2D eigenvalue weighted by Gasteiger charge is -2.14. The van der Waals surface area contributed by atoms with Crippen molar-refractivity contribution in [3.8, 4) is 11.6 Å². The first-order chi connectivity index (χ1) is 14.1. The molecule has 0 aliphatic carbocycles. The van der Waals surface area contributed by atoms with E-state index in [2.05, 4.69) is 14.8 Å². The van der Waals surface area contributed by atoms with E-state index >= 15 is 0 Å². The summed E-state index contributed by atoms with van der Waals surface area (Å²) in [6, 6.07) is 16.0. The Bertz CT molecular complexity index is 1240. The summed E-state index contributed by atoms with van der Waals surface area (Å²) >= 11 is 0. The van der Waals surface area contributed by atoms with E-state index < -0.39 is 10.0 Å². The molecule has 0 unspecified atom stereocenters. The number of aromatic nitrogens is 3. The van der Waals surface area contributed by atoms with Crippen LogP contribution in [0.4, 0.5) is 0 Å². The summed E-state index contributed by atoms with van der Waals surface area (Å²) in [6.45, 7) is 2.49. The summed E-state index contributed by atoms with van der Waals surface area (Å²) in [6.07, 6.45) is 5.06. The largest absolute Gasteiger partial charge is 0.493 e. The van der Waals surface area contributed by atoms with Gasteiger partial charge in [-0.1, -0.05) is 30.3 Å². The first-order valence-corrected chi connectivity index (χ1v) is 10.7. The second-order valence-corrected chi connectivity index (χ2v) is 8.04. The third kappa shape index (κ3) is 3.85. The second kappa shape index (κ2) is 8.02. The van der Waals surface area contributed by atoms with Gasteiger partial charge < -0.3 is 4.74 Å². The number of ether oxygens (including phenoxy) is 1. The molecular formula is C21H20N4O3S. The molecule has 0 amide bonds. The molecule has 0 fully saturated rings. The molecule has 29 heavy (non-hydrogen) atoms. The van der Waals surface area contributed by atoms with Crippen molar-refractivity contribution >= 4 is 20.8 Å². The summed E-state index contributed by atoms with van der Waals surface area (Å²) in [5, 5.41) is 5.56. The summed E-state index contributed by atoms with van der Waals surface area (Å²) < 4.78 is 36.1. The quantitative estimate of drug-likeness (QED) is 0.507. The van der Waals surface area contributed by atoms with Crippen LogP contribution in [0.5, 0.6) is 5.75 Å². The molecule has 7 nitrogen and oxygen atoms in total. The van der Waals surface area contributed by atoms with Crippen molar-refractivity contribution < 1.29 is 13.2 Å². The number of hydrogen-bond donors (Lipinski definition) is 1. The van der Waals surface area contributed by atoms with Crippen molar-refractivity contribution in [2.24, 2.45) is 0 Å². The van der Waals surface area contributed by atoms with Gasteiger partial charge in [-0.3, -0.25) is 0 Å². The van der Waals surface area contributed by atoms with Crippen LogP contribution >= 0.6 is 0 Å². The molecule has 0 radical (unpaired) electrons. The summed E-state index contributed by atoms with van der Waals surface area (Å²) in [4.78, 5) is 4.54. The molecule has 0 bridgehead atoms. The van der Waals surface area contributed by atoms with Crippen molar-refractivity contribution in [2.45, 2.75) is 18.4 Å². The third-order valence-corrected chi connectivity index (χ3v) is 5.93. The van der Waals surface area contributed by atoms with E-state index in [1.54, 1.807) is 53.6 Å². The van der Waals surface area contributed by atoms with E-state index in [0.717, 1.165) is 10.9 Å². The maximum atomic E-state index is 13.1. The van der Waals surface area contributed by atoms with Crippen molar-refractivity contribution in [1.82, 2.24) is 19.5 Å². The molecule has 0 atom stereocenters. The molecular weight excluding hydrogens is 388 g/mol. The second-order valence-electron chi connectivity index (χ2n) is 6.30. The van der Waals surface area contributed by atoms with Gasteiger partial charge in [-0.05, 0) is 31.2 Å². The van der Waals surface area contributed by atoms with Crippen LogP contribution in [0.2, 0.25) is 0 Å². The summed E-state index contributed by atoms with van der Waals surface area (Å²) in [5.74, 6) is 1.24. The molecule has 2 aromatic carbocycles. The number of fused-ring (bicyclic) bond motifs is 1. The molecule has 4 rings (SSSR count). The predicted molar refractivity (Wildman–Crippen MR) is 111 cm³/mol. The number of rotatable bonds is 7. The van der Waals surface area contributed by atoms with Gasteiger partial charge in [0.15, 0.2) is 5.82 Å². The van der Waals surface area contributed by atoms with E-state index in [1.807, 2.05) is 31.2 Å². The van der Waals surface area contributed by atoms with Gasteiger partial charge in [0.2, 0.25) is 10.0 Å². The SMILES string of the molecule is CCOc1ccc(S(=O)(=O)NCc2cccnc2-n2cccn2)c2ccccc12. The molecule has 4 aromatic rings. The fourth-order valence-electron chi connectivity index (χ4n) is 3.18. The van der Waals surface area contributed by atoms with Crippen LogP contribution in [-0.4, -0.2) is 29.8 Å².